The van der Waals surface area contributed by atoms with Gasteiger partial charge < -0.3 is 0 Å². The molecular weight excluding hydrogens is 234 g/mol. The van der Waals surface area contributed by atoms with Gasteiger partial charge in [-0.25, -0.2) is 9.50 Å². The van der Waals surface area contributed by atoms with E-state index in [9.17, 15) is 0 Å². The van der Waals surface area contributed by atoms with Crippen molar-refractivity contribution in [2.24, 2.45) is 17.3 Å². The highest BCUT2D eigenvalue weighted by atomic mass is 15.2. The molecule has 3 nitrogen and oxygen atoms in total. The van der Waals surface area contributed by atoms with Crippen molar-refractivity contribution in [2.45, 2.75) is 46.5 Å². The fraction of sp³-hybridized carbons (Fsp3) is 0.625. The van der Waals surface area contributed by atoms with Crippen molar-refractivity contribution >= 4 is 5.65 Å². The third-order valence-corrected chi connectivity index (χ3v) is 4.59. The van der Waals surface area contributed by atoms with E-state index in [0.29, 0.717) is 5.41 Å². The molecule has 3 heteroatoms. The van der Waals surface area contributed by atoms with Gasteiger partial charge in [0.15, 0.2) is 5.65 Å². The van der Waals surface area contributed by atoms with E-state index in [1.54, 1.807) is 6.20 Å². The second-order valence-electron chi connectivity index (χ2n) is 7.04. The molecule has 1 saturated carbocycles. The molecule has 1 aliphatic rings. The highest BCUT2D eigenvalue weighted by Gasteiger charge is 2.32. The number of rotatable bonds is 2. The molecule has 0 radical (unpaired) electrons. The van der Waals surface area contributed by atoms with Gasteiger partial charge in [0.05, 0.1) is 6.20 Å². The Morgan fingerprint density at radius 2 is 2.16 bits per heavy atom. The number of nitrogens with zero attached hydrogens (tertiary/aromatic N) is 3. The minimum atomic E-state index is 0.457. The predicted molar refractivity (Wildman–Crippen MR) is 77.0 cm³/mol. The zero-order chi connectivity index (χ0) is 13.5. The van der Waals surface area contributed by atoms with Crippen molar-refractivity contribution in [3.63, 3.8) is 0 Å². The summed E-state index contributed by atoms with van der Waals surface area (Å²) < 4.78 is 1.88. The molecule has 2 aromatic rings. The third-order valence-electron chi connectivity index (χ3n) is 4.59. The molecule has 2 heterocycles. The minimum absolute atomic E-state index is 0.457. The second-order valence-corrected chi connectivity index (χ2v) is 7.04. The average Bonchev–Trinajstić information content (AvgIpc) is 2.95. The van der Waals surface area contributed by atoms with Gasteiger partial charge in [0.25, 0.3) is 0 Å². The lowest BCUT2D eigenvalue weighted by atomic mass is 9.79. The number of aromatic nitrogens is 3. The summed E-state index contributed by atoms with van der Waals surface area (Å²) in [6, 6.07) is 1.94. The lowest BCUT2D eigenvalue weighted by Gasteiger charge is -2.27. The molecular formula is C16H23N3. The van der Waals surface area contributed by atoms with E-state index in [0.717, 1.165) is 23.9 Å². The van der Waals surface area contributed by atoms with E-state index in [4.69, 9.17) is 0 Å². The Kier molecular flexibility index (Phi) is 3.08. The van der Waals surface area contributed by atoms with Crippen molar-refractivity contribution in [1.82, 2.24) is 14.6 Å². The van der Waals surface area contributed by atoms with Crippen LogP contribution in [-0.4, -0.2) is 14.6 Å². The molecule has 0 spiro atoms. The van der Waals surface area contributed by atoms with Crippen LogP contribution in [0.5, 0.6) is 0 Å². The van der Waals surface area contributed by atoms with Gasteiger partial charge >= 0.3 is 0 Å². The molecule has 102 valence electrons. The summed E-state index contributed by atoms with van der Waals surface area (Å²) in [5.41, 5.74) is 2.71. The maximum absolute atomic E-state index is 4.45. The molecule has 1 fully saturated rings. The first-order valence-corrected chi connectivity index (χ1v) is 7.30. The first-order chi connectivity index (χ1) is 9.02. The first kappa shape index (κ1) is 12.6. The van der Waals surface area contributed by atoms with E-state index >= 15 is 0 Å². The average molecular weight is 257 g/mol. The minimum Gasteiger partial charge on any atom is -0.237 e. The molecule has 0 N–H and O–H groups in total. The summed E-state index contributed by atoms with van der Waals surface area (Å²) >= 11 is 0. The van der Waals surface area contributed by atoms with Crippen LogP contribution >= 0.6 is 0 Å². The number of fused-ring (bicyclic) bond motifs is 1. The summed E-state index contributed by atoms with van der Waals surface area (Å²) in [6.07, 6.45) is 11.2. The van der Waals surface area contributed by atoms with Crippen molar-refractivity contribution in [1.29, 1.82) is 0 Å². The molecule has 2 atom stereocenters. The lowest BCUT2D eigenvalue weighted by molar-refractivity contribution is 0.239. The summed E-state index contributed by atoms with van der Waals surface area (Å²) in [7, 11) is 0. The number of hydrogen-bond donors (Lipinski definition) is 0. The fourth-order valence-electron chi connectivity index (χ4n) is 3.33. The van der Waals surface area contributed by atoms with Crippen LogP contribution in [0.4, 0.5) is 0 Å². The second kappa shape index (κ2) is 4.62. The summed E-state index contributed by atoms with van der Waals surface area (Å²) in [4.78, 5) is 4.45. The Morgan fingerprint density at radius 3 is 2.89 bits per heavy atom. The standard InChI is InChI=1S/C16H23N3/c1-16(2,3)14-5-4-12(9-14)8-13-10-17-15-6-7-18-19(15)11-13/h6-7,10-12,14H,4-5,8-9H2,1-3H3. The summed E-state index contributed by atoms with van der Waals surface area (Å²) in [6.45, 7) is 7.12. The molecule has 2 unspecified atom stereocenters. The molecule has 0 bridgehead atoms. The molecule has 0 saturated heterocycles. The smallest absolute Gasteiger partial charge is 0.154 e. The maximum atomic E-state index is 4.45. The quantitative estimate of drug-likeness (QED) is 0.820. The van der Waals surface area contributed by atoms with Gasteiger partial charge in [0.1, 0.15) is 0 Å². The van der Waals surface area contributed by atoms with Crippen molar-refractivity contribution in [2.75, 3.05) is 0 Å². The van der Waals surface area contributed by atoms with Crippen LogP contribution in [0.2, 0.25) is 0 Å². The Balaban J connectivity index is 1.69. The highest BCUT2D eigenvalue weighted by Crippen LogP contribution is 2.43. The van der Waals surface area contributed by atoms with Crippen molar-refractivity contribution in [3.05, 3.63) is 30.2 Å². The fourth-order valence-corrected chi connectivity index (χ4v) is 3.33. The van der Waals surface area contributed by atoms with Crippen LogP contribution in [0.3, 0.4) is 0 Å². The Morgan fingerprint density at radius 1 is 1.32 bits per heavy atom. The van der Waals surface area contributed by atoms with Crippen LogP contribution < -0.4 is 0 Å². The number of hydrogen-bond acceptors (Lipinski definition) is 2. The van der Waals surface area contributed by atoms with E-state index in [2.05, 4.69) is 37.1 Å². The lowest BCUT2D eigenvalue weighted by Crippen LogP contribution is -2.17. The Hall–Kier alpha value is -1.38. The molecule has 1 aliphatic carbocycles. The van der Waals surface area contributed by atoms with Gasteiger partial charge in [-0.1, -0.05) is 20.8 Å². The molecule has 3 rings (SSSR count). The molecule has 0 aromatic carbocycles. The van der Waals surface area contributed by atoms with Gasteiger partial charge in [-0.3, -0.25) is 0 Å². The van der Waals surface area contributed by atoms with E-state index in [1.807, 2.05) is 16.8 Å². The van der Waals surface area contributed by atoms with Gasteiger partial charge in [-0.15, -0.1) is 0 Å². The van der Waals surface area contributed by atoms with Gasteiger partial charge in [0, 0.05) is 18.5 Å². The third kappa shape index (κ3) is 2.65. The van der Waals surface area contributed by atoms with Crippen LogP contribution in [0.25, 0.3) is 5.65 Å². The molecule has 0 aliphatic heterocycles. The van der Waals surface area contributed by atoms with Gasteiger partial charge in [-0.2, -0.15) is 5.10 Å². The summed E-state index contributed by atoms with van der Waals surface area (Å²) in [5, 5.41) is 4.26. The predicted octanol–water partition coefficient (Wildman–Crippen LogP) is 3.73. The van der Waals surface area contributed by atoms with E-state index in [-0.39, 0.29) is 0 Å². The van der Waals surface area contributed by atoms with Crippen molar-refractivity contribution in [3.8, 4) is 0 Å². The first-order valence-electron chi connectivity index (χ1n) is 7.30. The van der Waals surface area contributed by atoms with E-state index in [1.165, 1.54) is 24.8 Å². The largest absolute Gasteiger partial charge is 0.237 e. The van der Waals surface area contributed by atoms with Crippen LogP contribution in [-0.2, 0) is 6.42 Å². The maximum Gasteiger partial charge on any atom is 0.154 e. The van der Waals surface area contributed by atoms with Crippen LogP contribution in [0.1, 0.15) is 45.6 Å². The van der Waals surface area contributed by atoms with Crippen LogP contribution in [0.15, 0.2) is 24.7 Å². The van der Waals surface area contributed by atoms with Crippen LogP contribution in [0, 0.1) is 17.3 Å². The zero-order valence-electron chi connectivity index (χ0n) is 12.1. The van der Waals surface area contributed by atoms with Gasteiger partial charge in [0.2, 0.25) is 0 Å². The SMILES string of the molecule is CC(C)(C)C1CCC(Cc2cnc3ccnn3c2)C1. The summed E-state index contributed by atoms with van der Waals surface area (Å²) in [5.74, 6) is 1.69. The van der Waals surface area contributed by atoms with Crippen molar-refractivity contribution < 1.29 is 0 Å². The molecule has 19 heavy (non-hydrogen) atoms. The molecule has 0 amide bonds. The normalized spacial score (nSPS) is 24.2. The Bertz CT molecular complexity index is 565. The Labute approximate surface area is 115 Å². The monoisotopic (exact) mass is 257 g/mol. The topological polar surface area (TPSA) is 30.2 Å². The van der Waals surface area contributed by atoms with E-state index < -0.39 is 0 Å². The zero-order valence-corrected chi connectivity index (χ0v) is 12.1. The van der Waals surface area contributed by atoms with Gasteiger partial charge in [-0.05, 0) is 48.5 Å². The highest BCUT2D eigenvalue weighted by molar-refractivity contribution is 5.35. The molecule has 2 aromatic heterocycles.